The van der Waals surface area contributed by atoms with E-state index in [1.807, 2.05) is 31.2 Å². The number of phenolic OH excluding ortho intramolecular Hbond substituents is 1. The van der Waals surface area contributed by atoms with E-state index in [-0.39, 0.29) is 11.7 Å². The Morgan fingerprint density at radius 1 is 1.19 bits per heavy atom. The molecular weight excluding hydrogens is 390 g/mol. The molecule has 0 unspecified atom stereocenters. The normalized spacial score (nSPS) is 16.6. The zero-order chi connectivity index (χ0) is 22.0. The number of benzene rings is 2. The fraction of sp³-hybridized carbons (Fsp3) is 0.360. The van der Waals surface area contributed by atoms with Gasteiger partial charge in [0.2, 0.25) is 0 Å². The minimum atomic E-state index is -0.466. The molecule has 1 aliphatic carbocycles. The number of ether oxygens (including phenoxy) is 1. The summed E-state index contributed by atoms with van der Waals surface area (Å²) in [5.74, 6) is 0.668. The van der Waals surface area contributed by atoms with Crippen LogP contribution in [-0.4, -0.2) is 48.1 Å². The summed E-state index contributed by atoms with van der Waals surface area (Å²) in [4.78, 5) is 19.6. The molecule has 1 saturated heterocycles. The van der Waals surface area contributed by atoms with Crippen LogP contribution in [0.2, 0.25) is 0 Å². The van der Waals surface area contributed by atoms with Gasteiger partial charge in [-0.25, -0.2) is 0 Å². The van der Waals surface area contributed by atoms with E-state index in [2.05, 4.69) is 22.2 Å². The molecule has 0 spiro atoms. The van der Waals surface area contributed by atoms with Crippen molar-refractivity contribution in [2.75, 3.05) is 27.2 Å². The van der Waals surface area contributed by atoms with Crippen molar-refractivity contribution >= 4 is 16.8 Å². The first-order chi connectivity index (χ1) is 14.9. The lowest BCUT2D eigenvalue weighted by Gasteiger charge is -2.24. The molecule has 2 aromatic carbocycles. The number of aryl methyl sites for hydroxylation is 1. The van der Waals surface area contributed by atoms with Crippen LogP contribution in [0.5, 0.6) is 11.5 Å². The molecule has 6 heteroatoms. The van der Waals surface area contributed by atoms with E-state index in [1.165, 1.54) is 19.5 Å². The number of hydrogen-bond donors (Lipinski definition) is 2. The highest BCUT2D eigenvalue weighted by Crippen LogP contribution is 2.49. The van der Waals surface area contributed by atoms with Crippen molar-refractivity contribution in [1.82, 2.24) is 15.2 Å². The van der Waals surface area contributed by atoms with Crippen molar-refractivity contribution in [2.45, 2.75) is 31.7 Å². The topological polar surface area (TPSA) is 74.7 Å². The highest BCUT2D eigenvalue weighted by atomic mass is 16.5. The van der Waals surface area contributed by atoms with E-state index in [9.17, 15) is 9.90 Å². The quantitative estimate of drug-likeness (QED) is 0.669. The van der Waals surface area contributed by atoms with Crippen LogP contribution in [0.25, 0.3) is 10.9 Å². The average molecular weight is 420 g/mol. The number of methoxy groups -OCH3 is 1. The molecule has 1 aromatic heterocycles. The lowest BCUT2D eigenvalue weighted by Crippen LogP contribution is -2.35. The van der Waals surface area contributed by atoms with Crippen LogP contribution in [0.4, 0.5) is 0 Å². The zero-order valence-corrected chi connectivity index (χ0v) is 18.3. The van der Waals surface area contributed by atoms with Gasteiger partial charge in [0.05, 0.1) is 18.2 Å². The first-order valence-electron chi connectivity index (χ1n) is 10.7. The van der Waals surface area contributed by atoms with Gasteiger partial charge in [0, 0.05) is 23.2 Å². The first-order valence-corrected chi connectivity index (χ1v) is 10.7. The SMILES string of the molecule is CN1CCC1.COc1ccc(C)c(C(=O)NC2(c3cc(O)cc4ncccc34)CC2)c1. The first kappa shape index (κ1) is 21.1. The van der Waals surface area contributed by atoms with Crippen molar-refractivity contribution in [3.63, 3.8) is 0 Å². The van der Waals surface area contributed by atoms with Gasteiger partial charge < -0.3 is 20.1 Å². The average Bonchev–Trinajstić information content (AvgIpc) is 3.52. The Kier molecular flexibility index (Phi) is 5.83. The number of phenols is 1. The minimum Gasteiger partial charge on any atom is -0.508 e. The Bertz CT molecular complexity index is 1100. The Hall–Kier alpha value is -3.12. The third kappa shape index (κ3) is 4.49. The van der Waals surface area contributed by atoms with Gasteiger partial charge in [-0.1, -0.05) is 12.1 Å². The highest BCUT2D eigenvalue weighted by molar-refractivity contribution is 5.97. The fourth-order valence-corrected chi connectivity index (χ4v) is 3.88. The van der Waals surface area contributed by atoms with Gasteiger partial charge in [-0.3, -0.25) is 9.78 Å². The highest BCUT2D eigenvalue weighted by Gasteiger charge is 2.47. The number of likely N-dealkylation sites (tertiary alicyclic amines) is 1. The Morgan fingerprint density at radius 2 is 1.94 bits per heavy atom. The molecular formula is C25H29N3O3. The molecule has 31 heavy (non-hydrogen) atoms. The molecule has 5 rings (SSSR count). The van der Waals surface area contributed by atoms with Crippen LogP contribution in [0, 0.1) is 6.92 Å². The van der Waals surface area contributed by atoms with Gasteiger partial charge in [-0.05, 0) is 81.7 Å². The molecule has 162 valence electrons. The van der Waals surface area contributed by atoms with Crippen molar-refractivity contribution in [2.24, 2.45) is 0 Å². The predicted molar refractivity (Wildman–Crippen MR) is 122 cm³/mol. The number of pyridine rings is 1. The summed E-state index contributed by atoms with van der Waals surface area (Å²) in [6.07, 6.45) is 4.77. The smallest absolute Gasteiger partial charge is 0.252 e. The fourth-order valence-electron chi connectivity index (χ4n) is 3.88. The molecule has 6 nitrogen and oxygen atoms in total. The molecule has 1 amide bonds. The molecule has 3 aromatic rings. The number of carbonyl (C=O) groups excluding carboxylic acids is 1. The van der Waals surface area contributed by atoms with Gasteiger partial charge in [-0.15, -0.1) is 0 Å². The summed E-state index contributed by atoms with van der Waals surface area (Å²) in [6, 6.07) is 12.7. The minimum absolute atomic E-state index is 0.140. The van der Waals surface area contributed by atoms with Gasteiger partial charge in [0.25, 0.3) is 5.91 Å². The third-order valence-electron chi connectivity index (χ3n) is 6.09. The number of aromatic hydroxyl groups is 1. The number of aromatic nitrogens is 1. The molecule has 2 N–H and O–H groups in total. The van der Waals surface area contributed by atoms with Crippen LogP contribution in [-0.2, 0) is 5.54 Å². The number of fused-ring (bicyclic) bond motifs is 1. The van der Waals surface area contributed by atoms with Crippen molar-refractivity contribution in [3.05, 3.63) is 65.4 Å². The lowest BCUT2D eigenvalue weighted by molar-refractivity contribution is 0.0930. The van der Waals surface area contributed by atoms with Crippen LogP contribution in [0.15, 0.2) is 48.7 Å². The Balaban J connectivity index is 0.000000407. The van der Waals surface area contributed by atoms with E-state index in [0.29, 0.717) is 11.3 Å². The number of rotatable bonds is 4. The van der Waals surface area contributed by atoms with E-state index in [4.69, 9.17) is 4.74 Å². The second-order valence-electron chi connectivity index (χ2n) is 8.44. The van der Waals surface area contributed by atoms with Gasteiger partial charge in [-0.2, -0.15) is 0 Å². The summed E-state index contributed by atoms with van der Waals surface area (Å²) >= 11 is 0. The van der Waals surface area contributed by atoms with Crippen LogP contribution < -0.4 is 10.1 Å². The Labute approximate surface area is 182 Å². The van der Waals surface area contributed by atoms with E-state index in [1.54, 1.807) is 31.5 Å². The van der Waals surface area contributed by atoms with Crippen molar-refractivity contribution < 1.29 is 14.6 Å². The van der Waals surface area contributed by atoms with E-state index >= 15 is 0 Å². The largest absolute Gasteiger partial charge is 0.508 e. The maximum absolute atomic E-state index is 12.9. The van der Waals surface area contributed by atoms with Crippen LogP contribution in [0.1, 0.15) is 40.7 Å². The predicted octanol–water partition coefficient (Wildman–Crippen LogP) is 4.00. The summed E-state index contributed by atoms with van der Waals surface area (Å²) in [5, 5.41) is 14.2. The number of amides is 1. The maximum Gasteiger partial charge on any atom is 0.252 e. The molecule has 1 aliphatic heterocycles. The molecule has 0 bridgehead atoms. The summed E-state index contributed by atoms with van der Waals surface area (Å²) in [6.45, 7) is 4.54. The van der Waals surface area contributed by atoms with Crippen LogP contribution in [0.3, 0.4) is 0 Å². The molecule has 2 fully saturated rings. The number of carbonyl (C=O) groups is 1. The monoisotopic (exact) mass is 419 g/mol. The summed E-state index contributed by atoms with van der Waals surface area (Å²) < 4.78 is 5.24. The van der Waals surface area contributed by atoms with Crippen molar-refractivity contribution in [3.8, 4) is 11.5 Å². The Morgan fingerprint density at radius 3 is 2.55 bits per heavy atom. The van der Waals surface area contributed by atoms with Gasteiger partial charge in [0.15, 0.2) is 0 Å². The molecule has 2 heterocycles. The third-order valence-corrected chi connectivity index (χ3v) is 6.09. The maximum atomic E-state index is 12.9. The summed E-state index contributed by atoms with van der Waals surface area (Å²) in [5.41, 5.74) is 2.65. The van der Waals surface area contributed by atoms with Crippen LogP contribution >= 0.6 is 0 Å². The standard InChI is InChI=1S/C21H20N2O3.C4H9N/c1-13-5-6-15(26-2)12-17(13)20(25)23-21(7-8-21)18-10-14(24)11-19-16(18)4-3-9-22-19;1-5-3-2-4-5/h3-6,9-12,24H,7-8H2,1-2H3,(H,23,25);2-4H2,1H3. The second kappa shape index (κ2) is 8.55. The summed E-state index contributed by atoms with van der Waals surface area (Å²) in [7, 11) is 3.73. The van der Waals surface area contributed by atoms with Gasteiger partial charge in [0.1, 0.15) is 11.5 Å². The number of nitrogens with zero attached hydrogens (tertiary/aromatic N) is 2. The number of nitrogens with one attached hydrogen (secondary N) is 1. The molecule has 0 atom stereocenters. The molecule has 1 saturated carbocycles. The van der Waals surface area contributed by atoms with E-state index < -0.39 is 5.54 Å². The zero-order valence-electron chi connectivity index (χ0n) is 18.3. The van der Waals surface area contributed by atoms with Gasteiger partial charge >= 0.3 is 0 Å². The molecule has 2 aliphatic rings. The lowest BCUT2D eigenvalue weighted by atomic mass is 9.97. The molecule has 0 radical (unpaired) electrons. The second-order valence-corrected chi connectivity index (χ2v) is 8.44. The van der Waals surface area contributed by atoms with Crippen molar-refractivity contribution in [1.29, 1.82) is 0 Å². The van der Waals surface area contributed by atoms with E-state index in [0.717, 1.165) is 34.9 Å². The number of hydrogen-bond acceptors (Lipinski definition) is 5.